The molecule has 5 heteroatoms. The van der Waals surface area contributed by atoms with Gasteiger partial charge in [0.25, 0.3) is 0 Å². The Morgan fingerprint density at radius 1 is 1.11 bits per heavy atom. The van der Waals surface area contributed by atoms with Gasteiger partial charge in [0.15, 0.2) is 0 Å². The van der Waals surface area contributed by atoms with E-state index in [2.05, 4.69) is 19.9 Å². The van der Waals surface area contributed by atoms with Gasteiger partial charge in [-0.15, -0.1) is 0 Å². The normalized spacial score (nSPS) is 10.9. The van der Waals surface area contributed by atoms with Crippen molar-refractivity contribution in [2.75, 3.05) is 6.61 Å². The van der Waals surface area contributed by atoms with Gasteiger partial charge in [-0.2, -0.15) is 0 Å². The van der Waals surface area contributed by atoms with E-state index in [4.69, 9.17) is 39.5 Å². The minimum Gasteiger partial charge on any atom is -0.461 e. The van der Waals surface area contributed by atoms with Gasteiger partial charge in [-0.25, -0.2) is 0 Å². The minimum absolute atomic E-state index is 0.0950. The second-order valence-electron chi connectivity index (χ2n) is 4.40. The van der Waals surface area contributed by atoms with Gasteiger partial charge in [0.1, 0.15) is 11.1 Å². The molecule has 0 radical (unpaired) electrons. The van der Waals surface area contributed by atoms with Crippen LogP contribution in [0.1, 0.15) is 40.0 Å². The van der Waals surface area contributed by atoms with E-state index >= 15 is 0 Å². The molecule has 0 N–H and O–H groups in total. The van der Waals surface area contributed by atoms with Crippen molar-refractivity contribution in [1.29, 1.82) is 0 Å². The molecule has 0 rings (SSSR count). The summed E-state index contributed by atoms with van der Waals surface area (Å²) in [6.07, 6.45) is 5.91. The van der Waals surface area contributed by atoms with Gasteiger partial charge in [-0.05, 0) is 39.7 Å². The third kappa shape index (κ3) is 11.1. The summed E-state index contributed by atoms with van der Waals surface area (Å²) in [7, 11) is 0. The van der Waals surface area contributed by atoms with E-state index in [0.29, 0.717) is 0 Å². The van der Waals surface area contributed by atoms with Gasteiger partial charge < -0.3 is 4.74 Å². The summed E-state index contributed by atoms with van der Waals surface area (Å²) < 4.78 is 4.89. The predicted molar refractivity (Wildman–Crippen MR) is 82.6 cm³/mol. The van der Waals surface area contributed by atoms with E-state index < -0.39 is 5.97 Å². The summed E-state index contributed by atoms with van der Waals surface area (Å²) in [4.78, 5) is 11.3. The highest BCUT2D eigenvalue weighted by molar-refractivity contribution is 6.59. The molecule has 0 aliphatic heterocycles. The number of carbonyl (C=O) groups is 1. The first-order chi connectivity index (χ1) is 8.82. The summed E-state index contributed by atoms with van der Waals surface area (Å²) in [6, 6.07) is 0. The summed E-state index contributed by atoms with van der Waals surface area (Å²) in [5, 5.41) is 0.0950. The van der Waals surface area contributed by atoms with Gasteiger partial charge in [-0.1, -0.05) is 52.0 Å². The molecule has 0 aromatic heterocycles. The molecule has 0 fully saturated rings. The number of ether oxygens (including phenoxy) is 1. The van der Waals surface area contributed by atoms with Crippen molar-refractivity contribution < 1.29 is 9.53 Å². The molecule has 0 aliphatic rings. The van der Waals surface area contributed by atoms with Crippen LogP contribution >= 0.6 is 34.8 Å². The lowest BCUT2D eigenvalue weighted by molar-refractivity contribution is -0.141. The van der Waals surface area contributed by atoms with Crippen molar-refractivity contribution in [1.82, 2.24) is 0 Å². The second-order valence-corrected chi connectivity index (χ2v) is 5.80. The Morgan fingerprint density at radius 2 is 1.74 bits per heavy atom. The van der Waals surface area contributed by atoms with Gasteiger partial charge in [0, 0.05) is 0 Å². The largest absolute Gasteiger partial charge is 0.461 e. The zero-order chi connectivity index (χ0) is 14.8. The maximum atomic E-state index is 11.3. The number of hydrogen-bond donors (Lipinski definition) is 0. The lowest BCUT2D eigenvalue weighted by Gasteiger charge is -2.03. The maximum Gasteiger partial charge on any atom is 0.311 e. The number of halogens is 3. The number of hydrogen-bond acceptors (Lipinski definition) is 2. The zero-order valence-electron chi connectivity index (χ0n) is 11.4. The fourth-order valence-electron chi connectivity index (χ4n) is 1.21. The molecule has 0 aliphatic carbocycles. The number of carbonyl (C=O) groups excluding carboxylic acids is 1. The highest BCUT2D eigenvalue weighted by Crippen LogP contribution is 2.21. The van der Waals surface area contributed by atoms with Crippen molar-refractivity contribution in [2.24, 2.45) is 0 Å². The summed E-state index contributed by atoms with van der Waals surface area (Å²) in [6.45, 7) is 6.39. The highest BCUT2D eigenvalue weighted by atomic mass is 35.5. The van der Waals surface area contributed by atoms with Gasteiger partial charge in [0.2, 0.25) is 0 Å². The Kier molecular flexibility index (Phi) is 10.1. The van der Waals surface area contributed by atoms with Crippen LogP contribution in [0.4, 0.5) is 0 Å². The van der Waals surface area contributed by atoms with E-state index in [-0.39, 0.29) is 22.6 Å². The number of rotatable bonds is 7. The standard InChI is InChI=1S/C14H19Cl3O2/c1-10(2)5-4-6-11(3)7-8-19-13(18)9-12(15)14(16)17/h5,7H,4,6,8-9H2,1-3H3. The molecule has 0 aromatic carbocycles. The average Bonchev–Trinajstić information content (AvgIpc) is 2.28. The maximum absolute atomic E-state index is 11.3. The van der Waals surface area contributed by atoms with Crippen LogP contribution in [0.25, 0.3) is 0 Å². The first-order valence-corrected chi connectivity index (χ1v) is 7.10. The van der Waals surface area contributed by atoms with Gasteiger partial charge in [-0.3, -0.25) is 4.79 Å². The van der Waals surface area contributed by atoms with Crippen LogP contribution in [0.15, 0.2) is 32.8 Å². The van der Waals surface area contributed by atoms with E-state index in [1.807, 2.05) is 13.0 Å². The third-order valence-corrected chi connectivity index (χ3v) is 3.24. The van der Waals surface area contributed by atoms with Crippen molar-refractivity contribution in [3.8, 4) is 0 Å². The van der Waals surface area contributed by atoms with Crippen LogP contribution in [0, 0.1) is 0 Å². The van der Waals surface area contributed by atoms with E-state index in [9.17, 15) is 4.79 Å². The molecule has 0 aromatic rings. The predicted octanol–water partition coefficient (Wildman–Crippen LogP) is 5.50. The van der Waals surface area contributed by atoms with Crippen LogP contribution in [0.5, 0.6) is 0 Å². The first-order valence-electron chi connectivity index (χ1n) is 5.97. The van der Waals surface area contributed by atoms with Gasteiger partial charge in [0.05, 0.1) is 11.5 Å². The lowest BCUT2D eigenvalue weighted by Crippen LogP contribution is -2.04. The van der Waals surface area contributed by atoms with Crippen LogP contribution < -0.4 is 0 Å². The van der Waals surface area contributed by atoms with Crippen LogP contribution in [0.3, 0.4) is 0 Å². The summed E-state index contributed by atoms with van der Waals surface area (Å²) in [5.41, 5.74) is 2.49. The Balaban J connectivity index is 3.98. The lowest BCUT2D eigenvalue weighted by atomic mass is 10.1. The molecule has 0 saturated heterocycles. The molecule has 0 heterocycles. The monoisotopic (exact) mass is 324 g/mol. The molecule has 0 amide bonds. The molecule has 0 saturated carbocycles. The molecular weight excluding hydrogens is 307 g/mol. The van der Waals surface area contributed by atoms with Crippen molar-refractivity contribution >= 4 is 40.8 Å². The Labute approximate surface area is 130 Å². The van der Waals surface area contributed by atoms with Gasteiger partial charge >= 0.3 is 5.97 Å². The highest BCUT2D eigenvalue weighted by Gasteiger charge is 2.07. The SMILES string of the molecule is CC(C)=CCCC(C)=CCOC(=O)CC(Cl)=C(Cl)Cl. The fraction of sp³-hybridized carbons (Fsp3) is 0.500. The summed E-state index contributed by atoms with van der Waals surface area (Å²) >= 11 is 16.5. The van der Waals surface area contributed by atoms with Crippen molar-refractivity contribution in [3.63, 3.8) is 0 Å². The number of allylic oxidation sites excluding steroid dienone is 3. The smallest absolute Gasteiger partial charge is 0.311 e. The molecule has 0 spiro atoms. The second kappa shape index (κ2) is 10.4. The number of esters is 1. The Bertz CT molecular complexity index is 387. The van der Waals surface area contributed by atoms with Crippen molar-refractivity contribution in [2.45, 2.75) is 40.0 Å². The van der Waals surface area contributed by atoms with Crippen LogP contribution in [-0.4, -0.2) is 12.6 Å². The topological polar surface area (TPSA) is 26.3 Å². The summed E-state index contributed by atoms with van der Waals surface area (Å²) in [5.74, 6) is -0.447. The molecule has 0 bridgehead atoms. The zero-order valence-corrected chi connectivity index (χ0v) is 13.7. The molecule has 0 atom stereocenters. The Hall–Kier alpha value is -0.440. The molecule has 19 heavy (non-hydrogen) atoms. The van der Waals surface area contributed by atoms with E-state index in [1.54, 1.807) is 0 Å². The van der Waals surface area contributed by atoms with Crippen LogP contribution in [0.2, 0.25) is 0 Å². The molecule has 108 valence electrons. The first kappa shape index (κ1) is 18.6. The molecule has 2 nitrogen and oxygen atoms in total. The van der Waals surface area contributed by atoms with E-state index in [1.165, 1.54) is 11.1 Å². The average molecular weight is 326 g/mol. The van der Waals surface area contributed by atoms with Crippen molar-refractivity contribution in [3.05, 3.63) is 32.8 Å². The Morgan fingerprint density at radius 3 is 2.26 bits per heavy atom. The third-order valence-electron chi connectivity index (χ3n) is 2.27. The van der Waals surface area contributed by atoms with E-state index in [0.717, 1.165) is 12.8 Å². The fourth-order valence-corrected chi connectivity index (χ4v) is 1.45. The molecule has 0 unspecified atom stereocenters. The minimum atomic E-state index is -0.447. The van der Waals surface area contributed by atoms with Crippen LogP contribution in [-0.2, 0) is 9.53 Å². The molecular formula is C14H19Cl3O2. The quantitative estimate of drug-likeness (QED) is 0.456.